The lowest BCUT2D eigenvalue weighted by Gasteiger charge is -2.11. The Morgan fingerprint density at radius 1 is 1.20 bits per heavy atom. The van der Waals surface area contributed by atoms with Gasteiger partial charge in [0.05, 0.1) is 12.4 Å². The lowest BCUT2D eigenvalue weighted by Crippen LogP contribution is -2.07. The lowest BCUT2D eigenvalue weighted by atomic mass is 10.1. The third-order valence-corrected chi connectivity index (χ3v) is 2.75. The van der Waals surface area contributed by atoms with E-state index < -0.39 is 16.2 Å². The van der Waals surface area contributed by atoms with Crippen molar-refractivity contribution in [1.82, 2.24) is 0 Å². The average Bonchev–Trinajstić information content (AvgIpc) is 1.98. The van der Waals surface area contributed by atoms with E-state index in [0.29, 0.717) is 15.6 Å². The average molecular weight is 269 g/mol. The van der Waals surface area contributed by atoms with Crippen LogP contribution in [0, 0.1) is 0 Å². The minimum absolute atomic E-state index is 0.446. The topological polar surface area (TPSA) is 43.4 Å². The Kier molecular flexibility index (Phi) is 4.00. The molecule has 1 atom stereocenters. The van der Waals surface area contributed by atoms with Gasteiger partial charge in [-0.05, 0) is 30.7 Å². The zero-order valence-electron chi connectivity index (χ0n) is 8.20. The van der Waals surface area contributed by atoms with Crippen LogP contribution in [0.5, 0.6) is 0 Å². The maximum atomic E-state index is 10.9. The maximum Gasteiger partial charge on any atom is 0.264 e. The van der Waals surface area contributed by atoms with Crippen LogP contribution in [0.2, 0.25) is 10.0 Å². The smallest absolute Gasteiger partial charge is 0.262 e. The normalized spacial score (nSPS) is 13.9. The van der Waals surface area contributed by atoms with Gasteiger partial charge >= 0.3 is 0 Å². The molecule has 0 aliphatic heterocycles. The molecule has 1 aromatic carbocycles. The molecule has 15 heavy (non-hydrogen) atoms. The molecule has 1 aromatic rings. The van der Waals surface area contributed by atoms with Crippen LogP contribution in [0.1, 0.15) is 18.6 Å². The number of halogens is 2. The molecule has 0 radical (unpaired) electrons. The van der Waals surface area contributed by atoms with Crippen molar-refractivity contribution in [2.75, 3.05) is 6.26 Å². The number of hydrogen-bond donors (Lipinski definition) is 0. The SMILES string of the molecule is C[C@@H](OS(C)(=O)=O)c1cc(Cl)cc(Cl)c1. The minimum Gasteiger partial charge on any atom is -0.262 e. The lowest BCUT2D eigenvalue weighted by molar-refractivity contribution is 0.237. The van der Waals surface area contributed by atoms with Gasteiger partial charge in [-0.15, -0.1) is 0 Å². The molecule has 84 valence electrons. The molecule has 0 fully saturated rings. The van der Waals surface area contributed by atoms with Crippen LogP contribution < -0.4 is 0 Å². The highest BCUT2D eigenvalue weighted by Crippen LogP contribution is 2.26. The fraction of sp³-hybridized carbons (Fsp3) is 0.333. The van der Waals surface area contributed by atoms with E-state index in [1.54, 1.807) is 25.1 Å². The first-order valence-corrected chi connectivity index (χ1v) is 6.69. The molecule has 1 rings (SSSR count). The van der Waals surface area contributed by atoms with E-state index in [0.717, 1.165) is 6.26 Å². The Morgan fingerprint density at radius 2 is 1.67 bits per heavy atom. The van der Waals surface area contributed by atoms with E-state index in [1.165, 1.54) is 0 Å². The highest BCUT2D eigenvalue weighted by molar-refractivity contribution is 7.86. The summed E-state index contributed by atoms with van der Waals surface area (Å²) in [4.78, 5) is 0. The number of benzene rings is 1. The molecular formula is C9H10Cl2O3S. The monoisotopic (exact) mass is 268 g/mol. The minimum atomic E-state index is -3.48. The van der Waals surface area contributed by atoms with E-state index in [2.05, 4.69) is 0 Å². The highest BCUT2D eigenvalue weighted by Gasteiger charge is 2.13. The Bertz CT molecular complexity index is 436. The summed E-state index contributed by atoms with van der Waals surface area (Å²) in [5, 5.41) is 0.892. The quantitative estimate of drug-likeness (QED) is 0.792. The summed E-state index contributed by atoms with van der Waals surface area (Å²) in [5.74, 6) is 0. The number of hydrogen-bond acceptors (Lipinski definition) is 3. The summed E-state index contributed by atoms with van der Waals surface area (Å²) in [6, 6.07) is 4.80. The zero-order chi connectivity index (χ0) is 11.6. The van der Waals surface area contributed by atoms with Crippen LogP contribution in [0.25, 0.3) is 0 Å². The third-order valence-electron chi connectivity index (χ3n) is 1.67. The van der Waals surface area contributed by atoms with Crippen LogP contribution >= 0.6 is 23.2 Å². The fourth-order valence-corrected chi connectivity index (χ4v) is 2.31. The molecule has 6 heteroatoms. The molecule has 0 saturated heterocycles. The molecule has 0 aliphatic carbocycles. The van der Waals surface area contributed by atoms with Gasteiger partial charge in [0.2, 0.25) is 0 Å². The van der Waals surface area contributed by atoms with Crippen molar-refractivity contribution >= 4 is 33.3 Å². The van der Waals surface area contributed by atoms with Gasteiger partial charge in [-0.3, -0.25) is 4.18 Å². The van der Waals surface area contributed by atoms with Gasteiger partial charge in [0, 0.05) is 10.0 Å². The van der Waals surface area contributed by atoms with Gasteiger partial charge in [-0.25, -0.2) is 0 Å². The van der Waals surface area contributed by atoms with Crippen molar-refractivity contribution in [3.8, 4) is 0 Å². The van der Waals surface area contributed by atoms with Crippen molar-refractivity contribution < 1.29 is 12.6 Å². The second kappa shape index (κ2) is 4.70. The van der Waals surface area contributed by atoms with Gasteiger partial charge in [-0.2, -0.15) is 8.42 Å². The summed E-state index contributed by atoms with van der Waals surface area (Å²) in [6.45, 7) is 1.61. The molecule has 0 unspecified atom stereocenters. The summed E-state index contributed by atoms with van der Waals surface area (Å²) < 4.78 is 26.6. The first-order valence-electron chi connectivity index (χ1n) is 4.12. The van der Waals surface area contributed by atoms with Gasteiger partial charge in [0.1, 0.15) is 0 Å². The summed E-state index contributed by atoms with van der Waals surface area (Å²) in [6.07, 6.45) is 0.395. The molecule has 0 saturated carbocycles. The highest BCUT2D eigenvalue weighted by atomic mass is 35.5. The Balaban J connectivity index is 2.96. The second-order valence-corrected chi connectivity index (χ2v) is 5.62. The predicted octanol–water partition coefficient (Wildman–Crippen LogP) is 3.03. The maximum absolute atomic E-state index is 10.9. The van der Waals surface area contributed by atoms with Crippen LogP contribution in [-0.4, -0.2) is 14.7 Å². The molecule has 3 nitrogen and oxygen atoms in total. The second-order valence-electron chi connectivity index (χ2n) is 3.15. The van der Waals surface area contributed by atoms with Gasteiger partial charge in [0.25, 0.3) is 10.1 Å². The summed E-state index contributed by atoms with van der Waals surface area (Å²) in [5.41, 5.74) is 0.623. The van der Waals surface area contributed by atoms with Crippen molar-refractivity contribution in [3.63, 3.8) is 0 Å². The molecule has 0 amide bonds. The zero-order valence-corrected chi connectivity index (χ0v) is 10.5. The largest absolute Gasteiger partial charge is 0.264 e. The van der Waals surface area contributed by atoms with E-state index in [-0.39, 0.29) is 0 Å². The Hall–Kier alpha value is -0.290. The molecule has 0 bridgehead atoms. The van der Waals surface area contributed by atoms with Gasteiger partial charge in [-0.1, -0.05) is 23.2 Å². The van der Waals surface area contributed by atoms with E-state index >= 15 is 0 Å². The molecule has 0 aliphatic rings. The van der Waals surface area contributed by atoms with E-state index in [9.17, 15) is 8.42 Å². The summed E-state index contributed by atoms with van der Waals surface area (Å²) >= 11 is 11.6. The van der Waals surface area contributed by atoms with Gasteiger partial charge in [0.15, 0.2) is 0 Å². The van der Waals surface area contributed by atoms with E-state index in [4.69, 9.17) is 27.4 Å². The summed E-state index contributed by atoms with van der Waals surface area (Å²) in [7, 11) is -3.48. The molecular weight excluding hydrogens is 259 g/mol. The van der Waals surface area contributed by atoms with Crippen LogP contribution in [0.3, 0.4) is 0 Å². The first kappa shape index (κ1) is 12.8. The van der Waals surface area contributed by atoms with E-state index in [1.807, 2.05) is 0 Å². The van der Waals surface area contributed by atoms with Crippen LogP contribution in [0.4, 0.5) is 0 Å². The standard InChI is InChI=1S/C9H10Cl2O3S/c1-6(14-15(2,12)13)7-3-8(10)5-9(11)4-7/h3-6H,1-2H3/t6-/m1/s1. The van der Waals surface area contributed by atoms with Crippen molar-refractivity contribution in [1.29, 1.82) is 0 Å². The van der Waals surface area contributed by atoms with Crippen LogP contribution in [0.15, 0.2) is 18.2 Å². The van der Waals surface area contributed by atoms with Crippen molar-refractivity contribution in [2.24, 2.45) is 0 Å². The predicted molar refractivity (Wildman–Crippen MR) is 60.8 cm³/mol. The third kappa shape index (κ3) is 4.38. The number of rotatable bonds is 3. The van der Waals surface area contributed by atoms with Crippen molar-refractivity contribution in [2.45, 2.75) is 13.0 Å². The molecule has 0 N–H and O–H groups in total. The molecule has 0 heterocycles. The Morgan fingerprint density at radius 3 is 2.07 bits per heavy atom. The van der Waals surface area contributed by atoms with Gasteiger partial charge < -0.3 is 0 Å². The Labute approximate surface area is 99.1 Å². The van der Waals surface area contributed by atoms with Crippen LogP contribution in [-0.2, 0) is 14.3 Å². The first-order chi connectivity index (χ1) is 6.78. The molecule has 0 aromatic heterocycles. The molecule has 0 spiro atoms. The van der Waals surface area contributed by atoms with Crippen molar-refractivity contribution in [3.05, 3.63) is 33.8 Å². The fourth-order valence-electron chi connectivity index (χ4n) is 1.13.